The molecular weight excluding hydrogens is 578 g/mol. The number of hydrogen-bond acceptors (Lipinski definition) is 6. The van der Waals surface area contributed by atoms with E-state index in [1.54, 1.807) is 0 Å². The number of hydrogen-bond donors (Lipinski definition) is 2. The minimum absolute atomic E-state index is 0.0259. The van der Waals surface area contributed by atoms with Gasteiger partial charge in [-0.2, -0.15) is 0 Å². The average molecular weight is 642 g/mol. The monoisotopic (exact) mass is 641 g/mol. The van der Waals surface area contributed by atoms with Crippen LogP contribution < -0.4 is 0 Å². The Morgan fingerprint density at radius 2 is 1.72 bits per heavy atom. The third-order valence-electron chi connectivity index (χ3n) is 16.7. The summed E-state index contributed by atoms with van der Waals surface area (Å²) in [6, 6.07) is 0. The fourth-order valence-electron chi connectivity index (χ4n) is 14.0. The summed E-state index contributed by atoms with van der Waals surface area (Å²) in [6.07, 6.45) is 10.7. The second kappa shape index (κ2) is 10.6. The molecule has 9 unspecified atom stereocenters. The molecule has 1 amide bonds. The smallest absolute Gasteiger partial charge is 0.223 e. The standard InChI is InChI=1S/C39H63NO6/c1-22(2)32(42)25-18-23(3)31-33(45-25)34(43)37(7)27-11-10-26-35(4,5)28(12-13-38(26)21-39(27,38)15-14-36(31,37)6)46-30-20-40(16-17-44-30)29(41)19-24-8-9-24/h22-28,30-34,42-43H,8-21H2,1-7H3/t23-,25?,26+,27?,28?,30?,31+,32-,33?,34+,36?,37?,38?,39?/m1/s1. The molecule has 260 valence electrons. The van der Waals surface area contributed by atoms with Crippen molar-refractivity contribution >= 4 is 5.91 Å². The van der Waals surface area contributed by atoms with Gasteiger partial charge in [0.05, 0.1) is 43.7 Å². The maximum absolute atomic E-state index is 12.9. The zero-order valence-corrected chi connectivity index (χ0v) is 29.8. The van der Waals surface area contributed by atoms with E-state index in [1.165, 1.54) is 51.4 Å². The molecule has 2 saturated heterocycles. The lowest BCUT2D eigenvalue weighted by molar-refractivity contribution is -0.248. The number of carbonyl (C=O) groups is 1. The first-order valence-corrected chi connectivity index (χ1v) is 19.3. The van der Waals surface area contributed by atoms with Gasteiger partial charge in [0.1, 0.15) is 0 Å². The summed E-state index contributed by atoms with van der Waals surface area (Å²) in [6.45, 7) is 18.2. The number of ether oxygens (including phenoxy) is 3. The first-order chi connectivity index (χ1) is 21.7. The van der Waals surface area contributed by atoms with E-state index < -0.39 is 12.2 Å². The molecule has 0 aromatic carbocycles. The number of aliphatic hydroxyl groups excluding tert-OH is 2. The molecule has 7 nitrogen and oxygen atoms in total. The lowest BCUT2D eigenvalue weighted by Crippen LogP contribution is -2.60. The lowest BCUT2D eigenvalue weighted by Gasteiger charge is -2.64. The number of fused-ring (bicyclic) bond motifs is 4. The summed E-state index contributed by atoms with van der Waals surface area (Å²) in [5.74, 6) is 2.88. The van der Waals surface area contributed by atoms with E-state index in [0.29, 0.717) is 66.5 Å². The van der Waals surface area contributed by atoms with Gasteiger partial charge < -0.3 is 29.3 Å². The van der Waals surface area contributed by atoms with Crippen molar-refractivity contribution in [2.24, 2.45) is 62.6 Å². The van der Waals surface area contributed by atoms with E-state index in [4.69, 9.17) is 14.2 Å². The molecule has 2 aliphatic heterocycles. The maximum atomic E-state index is 12.9. The van der Waals surface area contributed by atoms with Gasteiger partial charge in [0.25, 0.3) is 0 Å². The van der Waals surface area contributed by atoms with Gasteiger partial charge in [-0.1, -0.05) is 48.5 Å². The first kappa shape index (κ1) is 32.5. The molecule has 14 atom stereocenters. The molecule has 6 saturated carbocycles. The quantitative estimate of drug-likeness (QED) is 0.360. The predicted molar refractivity (Wildman–Crippen MR) is 175 cm³/mol. The van der Waals surface area contributed by atoms with E-state index >= 15 is 0 Å². The first-order valence-electron chi connectivity index (χ1n) is 19.3. The SMILES string of the molecule is CC(C)[C@@H](O)C1C[C@@H](C)[C@H]2C(O1)[C@H](O)C1(C)C3CC[C@H]4C(C)(C)C(OC5CN(C(=O)CC6CC6)CCO5)CCC45CC35CCC21C. The Morgan fingerprint density at radius 3 is 2.43 bits per heavy atom. The van der Waals surface area contributed by atoms with Gasteiger partial charge in [0, 0.05) is 18.4 Å². The van der Waals surface area contributed by atoms with Crippen LogP contribution in [0.15, 0.2) is 0 Å². The van der Waals surface area contributed by atoms with Gasteiger partial charge >= 0.3 is 0 Å². The zero-order valence-electron chi connectivity index (χ0n) is 29.8. The predicted octanol–water partition coefficient (Wildman–Crippen LogP) is 6.19. The number of amides is 1. The van der Waals surface area contributed by atoms with Crippen LogP contribution in [0.25, 0.3) is 0 Å². The zero-order chi connectivity index (χ0) is 32.6. The summed E-state index contributed by atoms with van der Waals surface area (Å²) in [7, 11) is 0. The number of carbonyl (C=O) groups excluding carboxylic acids is 1. The third-order valence-corrected chi connectivity index (χ3v) is 16.7. The number of nitrogens with zero attached hydrogens (tertiary/aromatic N) is 1. The van der Waals surface area contributed by atoms with Crippen molar-refractivity contribution < 1.29 is 29.2 Å². The molecule has 2 N–H and O–H groups in total. The molecule has 8 aliphatic rings. The molecule has 8 fully saturated rings. The van der Waals surface area contributed by atoms with Crippen LogP contribution in [-0.4, -0.2) is 77.5 Å². The summed E-state index contributed by atoms with van der Waals surface area (Å²) >= 11 is 0. The van der Waals surface area contributed by atoms with Crippen molar-refractivity contribution in [3.8, 4) is 0 Å². The molecule has 6 aliphatic carbocycles. The molecule has 2 heterocycles. The Balaban J connectivity index is 1.01. The van der Waals surface area contributed by atoms with Gasteiger partial charge in [-0.15, -0.1) is 0 Å². The number of aliphatic hydroxyl groups is 2. The van der Waals surface area contributed by atoms with E-state index in [0.717, 1.165) is 12.8 Å². The van der Waals surface area contributed by atoms with E-state index in [2.05, 4.69) is 48.5 Å². The average Bonchev–Trinajstić information content (AvgIpc) is 3.93. The van der Waals surface area contributed by atoms with Crippen LogP contribution in [0.1, 0.15) is 119 Å². The molecule has 8 rings (SSSR count). The van der Waals surface area contributed by atoms with E-state index in [-0.39, 0.29) is 52.7 Å². The molecular formula is C39H63NO6. The van der Waals surface area contributed by atoms with Crippen LogP contribution in [0.4, 0.5) is 0 Å². The minimum atomic E-state index is -0.495. The van der Waals surface area contributed by atoms with Gasteiger partial charge in [-0.05, 0) is 121 Å². The normalized spacial score (nSPS) is 53.0. The fraction of sp³-hybridized carbons (Fsp3) is 0.974. The Bertz CT molecular complexity index is 1220. The van der Waals surface area contributed by atoms with Crippen molar-refractivity contribution in [1.29, 1.82) is 0 Å². The van der Waals surface area contributed by atoms with Crippen LogP contribution in [0, 0.1) is 62.6 Å². The highest BCUT2D eigenvalue weighted by Crippen LogP contribution is 2.89. The van der Waals surface area contributed by atoms with Crippen LogP contribution in [-0.2, 0) is 19.0 Å². The van der Waals surface area contributed by atoms with Crippen molar-refractivity contribution in [3.63, 3.8) is 0 Å². The Kier molecular flexibility index (Phi) is 7.51. The molecule has 7 heteroatoms. The summed E-state index contributed by atoms with van der Waals surface area (Å²) < 4.78 is 19.8. The lowest BCUT2D eigenvalue weighted by atomic mass is 9.41. The third kappa shape index (κ3) is 4.29. The van der Waals surface area contributed by atoms with Crippen molar-refractivity contribution in [3.05, 3.63) is 0 Å². The summed E-state index contributed by atoms with van der Waals surface area (Å²) in [5, 5.41) is 23.5. The highest BCUT2D eigenvalue weighted by molar-refractivity contribution is 5.76. The highest BCUT2D eigenvalue weighted by Gasteiger charge is 2.84. The summed E-state index contributed by atoms with van der Waals surface area (Å²) in [4.78, 5) is 14.9. The molecule has 0 bridgehead atoms. The minimum Gasteiger partial charge on any atom is -0.390 e. The molecule has 0 aromatic heterocycles. The summed E-state index contributed by atoms with van der Waals surface area (Å²) in [5.41, 5.74) is 0.505. The van der Waals surface area contributed by atoms with Crippen molar-refractivity contribution in [1.82, 2.24) is 4.90 Å². The van der Waals surface area contributed by atoms with Crippen LogP contribution >= 0.6 is 0 Å². The molecule has 46 heavy (non-hydrogen) atoms. The highest BCUT2D eigenvalue weighted by atomic mass is 16.7. The van der Waals surface area contributed by atoms with Crippen LogP contribution in [0.5, 0.6) is 0 Å². The molecule has 0 aromatic rings. The van der Waals surface area contributed by atoms with Gasteiger partial charge in [0.2, 0.25) is 5.91 Å². The Labute approximate surface area is 277 Å². The number of rotatable bonds is 6. The second-order valence-electron chi connectivity index (χ2n) is 19.2. The molecule has 0 radical (unpaired) electrons. The van der Waals surface area contributed by atoms with Crippen molar-refractivity contribution in [2.75, 3.05) is 19.7 Å². The van der Waals surface area contributed by atoms with Crippen molar-refractivity contribution in [2.45, 2.75) is 156 Å². The molecule has 2 spiro atoms. The Morgan fingerprint density at radius 1 is 1.00 bits per heavy atom. The number of morpholine rings is 1. The maximum Gasteiger partial charge on any atom is 0.223 e. The van der Waals surface area contributed by atoms with Gasteiger partial charge in [-0.3, -0.25) is 4.79 Å². The van der Waals surface area contributed by atoms with Gasteiger partial charge in [-0.25, -0.2) is 0 Å². The fourth-order valence-corrected chi connectivity index (χ4v) is 14.0. The Hall–Kier alpha value is -0.730. The van der Waals surface area contributed by atoms with Crippen LogP contribution in [0.2, 0.25) is 0 Å². The van der Waals surface area contributed by atoms with E-state index in [9.17, 15) is 15.0 Å². The second-order valence-corrected chi connectivity index (χ2v) is 19.2. The topological polar surface area (TPSA) is 88.5 Å². The largest absolute Gasteiger partial charge is 0.390 e. The van der Waals surface area contributed by atoms with Crippen LogP contribution in [0.3, 0.4) is 0 Å². The van der Waals surface area contributed by atoms with E-state index in [1.807, 2.05) is 4.90 Å². The van der Waals surface area contributed by atoms with Gasteiger partial charge in [0.15, 0.2) is 6.29 Å².